The average molecular weight is 434 g/mol. The number of nitrogens with zero attached hydrogens (tertiary/aromatic N) is 2. The minimum atomic E-state index is -5.14. The van der Waals surface area contributed by atoms with E-state index >= 15 is 0 Å². The minimum absolute atomic E-state index is 0. The summed E-state index contributed by atoms with van der Waals surface area (Å²) in [6.07, 6.45) is 0. The molecule has 0 aromatic carbocycles. The van der Waals surface area contributed by atoms with Gasteiger partial charge in [-0.2, -0.15) is 0 Å². The third-order valence-corrected chi connectivity index (χ3v) is 2.17. The standard InChI is InChI=1S/C10H16N2O8.2Na.H3O4P/c13-7(14)3-11(4-8(15)16)1-2-12(5-9(17)18)6-10(19)20;;;1-5(2,3)4/h1-6H2,(H,13,14)(H,15,16)(H,17,18)(H,19,20);;;(H3,1,2,3,4)/q;2*+1;/p-2. The van der Waals surface area contributed by atoms with Crippen LogP contribution in [-0.2, 0) is 23.7 Å². The molecular weight excluding hydrogens is 417 g/mol. The molecule has 0 spiro atoms. The largest absolute Gasteiger partial charge is 1.00 e. The molecule has 17 heteroatoms. The van der Waals surface area contributed by atoms with Crippen LogP contribution in [0, 0.1) is 0 Å². The molecule has 0 amide bonds. The van der Waals surface area contributed by atoms with Gasteiger partial charge in [0.2, 0.25) is 0 Å². The molecule has 0 aliphatic heterocycles. The van der Waals surface area contributed by atoms with E-state index in [1.54, 1.807) is 0 Å². The molecule has 0 aliphatic rings. The molecule has 0 saturated carbocycles. The number of phosphoric acid groups is 1. The van der Waals surface area contributed by atoms with Gasteiger partial charge in [-0.1, -0.05) is 0 Å². The summed E-state index contributed by atoms with van der Waals surface area (Å²) in [5.74, 6) is -4.91. The second-order valence-corrected chi connectivity index (χ2v) is 5.40. The van der Waals surface area contributed by atoms with Gasteiger partial charge in [0.1, 0.15) is 0 Å². The molecule has 27 heavy (non-hydrogen) atoms. The van der Waals surface area contributed by atoms with E-state index in [0.29, 0.717) is 0 Å². The Balaban J connectivity index is -0.000000333. The van der Waals surface area contributed by atoms with E-state index in [0.717, 1.165) is 9.80 Å². The minimum Gasteiger partial charge on any atom is -0.790 e. The number of aliphatic carboxylic acids is 4. The van der Waals surface area contributed by atoms with Crippen molar-refractivity contribution < 1.29 is 118 Å². The smallest absolute Gasteiger partial charge is 0.790 e. The van der Waals surface area contributed by atoms with Crippen molar-refractivity contribution in [1.82, 2.24) is 9.80 Å². The second kappa shape index (κ2) is 18.0. The molecule has 0 fully saturated rings. The van der Waals surface area contributed by atoms with Crippen molar-refractivity contribution in [3.05, 3.63) is 0 Å². The average Bonchev–Trinajstić information content (AvgIpc) is 2.30. The zero-order chi connectivity index (χ0) is 20.2. The SMILES string of the molecule is O=C(O)CN(CCN(CC(=O)O)CC(=O)O)CC(=O)O.O=P([O-])([O-])O.[Na+].[Na+]. The third-order valence-electron chi connectivity index (χ3n) is 2.17. The summed E-state index contributed by atoms with van der Waals surface area (Å²) in [6, 6.07) is 0. The van der Waals surface area contributed by atoms with Crippen LogP contribution in [0.2, 0.25) is 0 Å². The fourth-order valence-electron chi connectivity index (χ4n) is 1.48. The Morgan fingerprint density at radius 3 is 0.926 bits per heavy atom. The van der Waals surface area contributed by atoms with Crippen LogP contribution in [0.3, 0.4) is 0 Å². The van der Waals surface area contributed by atoms with Crippen molar-refractivity contribution in [2.75, 3.05) is 39.3 Å². The van der Waals surface area contributed by atoms with Crippen LogP contribution in [0.5, 0.6) is 0 Å². The molecule has 14 nitrogen and oxygen atoms in total. The fraction of sp³-hybridized carbons (Fsp3) is 0.600. The van der Waals surface area contributed by atoms with Crippen molar-refractivity contribution in [2.24, 2.45) is 0 Å². The van der Waals surface area contributed by atoms with Crippen molar-refractivity contribution >= 4 is 31.7 Å². The van der Waals surface area contributed by atoms with Gasteiger partial charge in [-0.05, 0) is 0 Å². The van der Waals surface area contributed by atoms with Crippen molar-refractivity contribution in [3.63, 3.8) is 0 Å². The first-order chi connectivity index (χ1) is 11.2. The van der Waals surface area contributed by atoms with Crippen LogP contribution >= 0.6 is 7.82 Å². The van der Waals surface area contributed by atoms with E-state index in [1.807, 2.05) is 0 Å². The van der Waals surface area contributed by atoms with Gasteiger partial charge in [0.15, 0.2) is 0 Å². The number of hydrogen-bond acceptors (Lipinski definition) is 9. The molecule has 0 aromatic heterocycles. The number of carbonyl (C=O) groups is 4. The van der Waals surface area contributed by atoms with Crippen molar-refractivity contribution in [2.45, 2.75) is 0 Å². The number of carboxylic acids is 4. The zero-order valence-corrected chi connectivity index (χ0v) is 19.6. The van der Waals surface area contributed by atoms with Gasteiger partial charge in [0.25, 0.3) is 0 Å². The topological polar surface area (TPSA) is 239 Å². The molecule has 0 rings (SSSR count). The molecule has 0 aliphatic carbocycles. The summed E-state index contributed by atoms with van der Waals surface area (Å²) in [4.78, 5) is 68.6. The molecule has 0 unspecified atom stereocenters. The summed E-state index contributed by atoms with van der Waals surface area (Å²) >= 11 is 0. The Morgan fingerprint density at radius 1 is 0.667 bits per heavy atom. The Morgan fingerprint density at radius 2 is 0.815 bits per heavy atom. The van der Waals surface area contributed by atoms with Crippen molar-refractivity contribution in [1.29, 1.82) is 0 Å². The maximum Gasteiger partial charge on any atom is 1.00 e. The first-order valence-electron chi connectivity index (χ1n) is 6.27. The van der Waals surface area contributed by atoms with Gasteiger partial charge in [-0.25, -0.2) is 0 Å². The van der Waals surface area contributed by atoms with Gasteiger partial charge in [0, 0.05) is 13.1 Å². The van der Waals surface area contributed by atoms with E-state index in [1.165, 1.54) is 0 Å². The molecule has 0 saturated heterocycles. The number of hydrogen-bond donors (Lipinski definition) is 5. The van der Waals surface area contributed by atoms with E-state index < -0.39 is 57.9 Å². The number of carboxylic acid groups (broad SMARTS) is 4. The predicted molar refractivity (Wildman–Crippen MR) is 73.2 cm³/mol. The molecule has 146 valence electrons. The Labute approximate surface area is 197 Å². The first kappa shape index (κ1) is 34.4. The summed E-state index contributed by atoms with van der Waals surface area (Å²) < 4.78 is 8.66. The predicted octanol–water partition coefficient (Wildman–Crippen LogP) is -10.3. The maximum absolute atomic E-state index is 10.6. The Bertz CT molecular complexity index is 452. The fourth-order valence-corrected chi connectivity index (χ4v) is 1.48. The van der Waals surface area contributed by atoms with E-state index in [9.17, 15) is 19.2 Å². The number of rotatable bonds is 11. The summed E-state index contributed by atoms with van der Waals surface area (Å²) in [7, 11) is -5.14. The third kappa shape index (κ3) is 33.9. The molecule has 5 N–H and O–H groups in total. The van der Waals surface area contributed by atoms with Gasteiger partial charge in [-0.15, -0.1) is 0 Å². The quantitative estimate of drug-likeness (QED) is 0.150. The Kier molecular flexibility index (Phi) is 22.9. The maximum atomic E-state index is 10.6. The van der Waals surface area contributed by atoms with Crippen LogP contribution in [0.25, 0.3) is 0 Å². The van der Waals surface area contributed by atoms with Crippen LogP contribution in [-0.4, -0.2) is 98.3 Å². The van der Waals surface area contributed by atoms with Gasteiger partial charge < -0.3 is 39.7 Å². The van der Waals surface area contributed by atoms with Crippen LogP contribution in [0.1, 0.15) is 0 Å². The molecule has 0 heterocycles. The molecular formula is C10H17N2Na2O12P. The van der Waals surface area contributed by atoms with Gasteiger partial charge in [0.05, 0.1) is 34.0 Å². The van der Waals surface area contributed by atoms with Gasteiger partial charge >= 0.3 is 83.0 Å². The summed E-state index contributed by atoms with van der Waals surface area (Å²) in [5, 5.41) is 34.5. The van der Waals surface area contributed by atoms with Crippen LogP contribution in [0.4, 0.5) is 0 Å². The molecule has 0 aromatic rings. The monoisotopic (exact) mass is 434 g/mol. The van der Waals surface area contributed by atoms with E-state index in [4.69, 9.17) is 39.7 Å². The zero-order valence-electron chi connectivity index (χ0n) is 14.7. The van der Waals surface area contributed by atoms with Gasteiger partial charge in [-0.3, -0.25) is 29.0 Å². The Hall–Kier alpha value is -0.0900. The summed E-state index contributed by atoms with van der Waals surface area (Å²) in [6.45, 7) is -2.25. The normalized spacial score (nSPS) is 10.1. The van der Waals surface area contributed by atoms with E-state index in [2.05, 4.69) is 0 Å². The molecule has 0 atom stereocenters. The summed E-state index contributed by atoms with van der Waals surface area (Å²) in [5.41, 5.74) is 0. The van der Waals surface area contributed by atoms with Crippen LogP contribution < -0.4 is 68.9 Å². The molecule has 0 radical (unpaired) electrons. The van der Waals surface area contributed by atoms with Crippen molar-refractivity contribution in [3.8, 4) is 0 Å². The molecule has 0 bridgehead atoms. The second-order valence-electron chi connectivity index (χ2n) is 4.46. The first-order valence-corrected chi connectivity index (χ1v) is 7.77. The van der Waals surface area contributed by atoms with E-state index in [-0.39, 0.29) is 72.2 Å². The van der Waals surface area contributed by atoms with Crippen LogP contribution in [0.15, 0.2) is 0 Å².